The third-order valence-corrected chi connectivity index (χ3v) is 0.428. The molecular formula is CH7NaO4S. The van der Waals surface area contributed by atoms with Crippen LogP contribution >= 0.6 is 0 Å². The molecule has 0 aromatic heterocycles. The standard InChI is InChI=1S/CH4O3S.Na.H2O.H/c1-4-5(2)3;;;/h1H3,(H,2,3);;1H2;. The summed E-state index contributed by atoms with van der Waals surface area (Å²) < 4.78 is 20.6. The Morgan fingerprint density at radius 1 is 1.71 bits per heavy atom. The number of hydrogen-bond acceptors (Lipinski definition) is 2. The van der Waals surface area contributed by atoms with E-state index in [4.69, 9.17) is 4.55 Å². The molecule has 0 saturated carbocycles. The van der Waals surface area contributed by atoms with Crippen LogP contribution in [0.5, 0.6) is 0 Å². The summed E-state index contributed by atoms with van der Waals surface area (Å²) in [4.78, 5) is 0. The Balaban J connectivity index is -0.0000000800. The molecule has 42 valence electrons. The van der Waals surface area contributed by atoms with Crippen molar-refractivity contribution >= 4 is 40.9 Å². The third-order valence-electron chi connectivity index (χ3n) is 0.143. The summed E-state index contributed by atoms with van der Waals surface area (Å²) in [5.74, 6) is 0. The molecule has 0 amide bonds. The van der Waals surface area contributed by atoms with Crippen LogP contribution in [0.1, 0.15) is 0 Å². The average Bonchev–Trinajstić information content (AvgIpc) is 1.38. The average molecular weight is 138 g/mol. The predicted octanol–water partition coefficient (Wildman–Crippen LogP) is -1.70. The van der Waals surface area contributed by atoms with Gasteiger partial charge in [-0.1, -0.05) is 0 Å². The summed E-state index contributed by atoms with van der Waals surface area (Å²) >= 11 is -2.07. The van der Waals surface area contributed by atoms with Gasteiger partial charge in [-0.2, -0.15) is 4.21 Å². The summed E-state index contributed by atoms with van der Waals surface area (Å²) in [6.45, 7) is 0. The molecule has 0 radical (unpaired) electrons. The van der Waals surface area contributed by atoms with Crippen LogP contribution < -0.4 is 0 Å². The van der Waals surface area contributed by atoms with Gasteiger partial charge in [-0.15, -0.1) is 0 Å². The molecule has 0 aliphatic carbocycles. The van der Waals surface area contributed by atoms with Crippen molar-refractivity contribution in [3.63, 3.8) is 0 Å². The number of rotatable bonds is 1. The van der Waals surface area contributed by atoms with Gasteiger partial charge in [0.1, 0.15) is 0 Å². The van der Waals surface area contributed by atoms with Crippen molar-refractivity contribution in [2.24, 2.45) is 0 Å². The van der Waals surface area contributed by atoms with E-state index in [2.05, 4.69) is 4.18 Å². The normalized spacial score (nSPS) is 10.6. The van der Waals surface area contributed by atoms with Crippen molar-refractivity contribution in [2.75, 3.05) is 7.11 Å². The van der Waals surface area contributed by atoms with Gasteiger partial charge >= 0.3 is 40.9 Å². The molecule has 0 saturated heterocycles. The van der Waals surface area contributed by atoms with Crippen LogP contribution in [0.2, 0.25) is 0 Å². The van der Waals surface area contributed by atoms with Gasteiger partial charge in [-0.05, 0) is 0 Å². The Morgan fingerprint density at radius 2 is 1.86 bits per heavy atom. The van der Waals surface area contributed by atoms with Gasteiger partial charge in [-0.25, -0.2) is 0 Å². The van der Waals surface area contributed by atoms with Crippen molar-refractivity contribution < 1.29 is 18.4 Å². The molecule has 6 heteroatoms. The van der Waals surface area contributed by atoms with Gasteiger partial charge in [0, 0.05) is 0 Å². The second-order valence-corrected chi connectivity index (χ2v) is 1.15. The van der Waals surface area contributed by atoms with E-state index in [-0.39, 0.29) is 35.0 Å². The van der Waals surface area contributed by atoms with E-state index < -0.39 is 11.4 Å². The monoisotopic (exact) mass is 138 g/mol. The fraction of sp³-hybridized carbons (Fsp3) is 1.00. The molecule has 4 nitrogen and oxygen atoms in total. The molecule has 0 aliphatic rings. The molecule has 7 heavy (non-hydrogen) atoms. The molecule has 0 heterocycles. The topological polar surface area (TPSA) is 78.0 Å². The van der Waals surface area contributed by atoms with Crippen molar-refractivity contribution in [1.82, 2.24) is 0 Å². The molecule has 0 aromatic carbocycles. The first-order valence-electron chi connectivity index (χ1n) is 0.924. The van der Waals surface area contributed by atoms with Gasteiger partial charge < -0.3 is 5.48 Å². The Labute approximate surface area is 66.3 Å². The summed E-state index contributed by atoms with van der Waals surface area (Å²) in [5, 5.41) is 0. The third kappa shape index (κ3) is 19.4. The first-order valence-corrected chi connectivity index (χ1v) is 1.96. The van der Waals surface area contributed by atoms with Crippen molar-refractivity contribution in [2.45, 2.75) is 0 Å². The van der Waals surface area contributed by atoms with Crippen LogP contribution in [0.15, 0.2) is 0 Å². The number of hydrogen-bond donors (Lipinski definition) is 1. The Bertz CT molecular complexity index is 47.0. The first-order chi connectivity index (χ1) is 2.27. The Morgan fingerprint density at radius 3 is 1.86 bits per heavy atom. The van der Waals surface area contributed by atoms with Crippen LogP contribution in [0, 0.1) is 0 Å². The Kier molecular flexibility index (Phi) is 22.6. The zero-order valence-electron chi connectivity index (χ0n) is 3.17. The molecular weight excluding hydrogens is 131 g/mol. The molecule has 1 atom stereocenters. The molecule has 0 aliphatic heterocycles. The molecule has 3 N–H and O–H groups in total. The van der Waals surface area contributed by atoms with E-state index in [0.717, 1.165) is 7.11 Å². The van der Waals surface area contributed by atoms with E-state index >= 15 is 0 Å². The van der Waals surface area contributed by atoms with E-state index in [0.29, 0.717) is 0 Å². The first kappa shape index (κ1) is 15.7. The van der Waals surface area contributed by atoms with Gasteiger partial charge in [0.25, 0.3) is 0 Å². The zero-order valence-corrected chi connectivity index (χ0v) is 3.99. The van der Waals surface area contributed by atoms with E-state index in [1.807, 2.05) is 0 Å². The van der Waals surface area contributed by atoms with Crippen LogP contribution in [0.4, 0.5) is 0 Å². The van der Waals surface area contributed by atoms with Crippen molar-refractivity contribution in [1.29, 1.82) is 0 Å². The van der Waals surface area contributed by atoms with Crippen LogP contribution in [0.3, 0.4) is 0 Å². The van der Waals surface area contributed by atoms with Crippen molar-refractivity contribution in [3.8, 4) is 0 Å². The summed E-state index contributed by atoms with van der Waals surface area (Å²) in [6, 6.07) is 0. The molecule has 1 unspecified atom stereocenters. The minimum atomic E-state index is -2.07. The Hall–Kier alpha value is 1.03. The van der Waals surface area contributed by atoms with Gasteiger partial charge in [0.2, 0.25) is 0 Å². The second kappa shape index (κ2) is 10.1. The minimum absolute atomic E-state index is 0. The fourth-order valence-corrected chi connectivity index (χ4v) is 0. The van der Waals surface area contributed by atoms with Gasteiger partial charge in [-0.3, -0.25) is 8.74 Å². The molecule has 0 spiro atoms. The van der Waals surface area contributed by atoms with Crippen molar-refractivity contribution in [3.05, 3.63) is 0 Å². The van der Waals surface area contributed by atoms with Crippen LogP contribution in [-0.2, 0) is 15.5 Å². The van der Waals surface area contributed by atoms with Gasteiger partial charge in [0.15, 0.2) is 0 Å². The van der Waals surface area contributed by atoms with E-state index in [9.17, 15) is 4.21 Å². The van der Waals surface area contributed by atoms with Crippen LogP contribution in [0.25, 0.3) is 0 Å². The van der Waals surface area contributed by atoms with E-state index in [1.54, 1.807) is 0 Å². The summed E-state index contributed by atoms with van der Waals surface area (Å²) in [6.07, 6.45) is 0. The van der Waals surface area contributed by atoms with E-state index in [1.165, 1.54) is 0 Å². The fourth-order valence-electron chi connectivity index (χ4n) is 0. The molecule has 0 rings (SSSR count). The van der Waals surface area contributed by atoms with Crippen LogP contribution in [-0.4, -0.2) is 50.9 Å². The SMILES string of the molecule is COS(=O)O.O.[NaH]. The summed E-state index contributed by atoms with van der Waals surface area (Å²) in [5.41, 5.74) is 0. The van der Waals surface area contributed by atoms with Gasteiger partial charge in [0.05, 0.1) is 7.11 Å². The molecule has 0 bridgehead atoms. The zero-order chi connectivity index (χ0) is 4.28. The summed E-state index contributed by atoms with van der Waals surface area (Å²) in [7, 11) is 1.15. The maximum atomic E-state index is 9.26. The predicted molar refractivity (Wildman–Crippen MR) is 28.5 cm³/mol. The molecule has 0 aromatic rings. The molecule has 0 fully saturated rings. The quantitative estimate of drug-likeness (QED) is 0.346. The maximum absolute atomic E-state index is 9.26. The second-order valence-electron chi connectivity index (χ2n) is 0.384.